The van der Waals surface area contributed by atoms with Gasteiger partial charge in [-0.15, -0.1) is 0 Å². The number of aliphatic hydroxyl groups is 1. The topological polar surface area (TPSA) is 32.3 Å². The van der Waals surface area contributed by atoms with Crippen molar-refractivity contribution in [3.05, 3.63) is 29.8 Å². The summed E-state index contributed by atoms with van der Waals surface area (Å²) in [6, 6.07) is 7.19. The number of aliphatic hydroxyl groups excluding tert-OH is 1. The smallest absolute Gasteiger partial charge is 0.389 e. The molecule has 2 N–H and O–H groups in total. The molecule has 0 bridgehead atoms. The van der Waals surface area contributed by atoms with Crippen molar-refractivity contribution in [1.82, 2.24) is 0 Å². The summed E-state index contributed by atoms with van der Waals surface area (Å²) >= 11 is 0. The molecule has 1 rings (SSSR count). The van der Waals surface area contributed by atoms with Crippen LogP contribution in [-0.2, 0) is 6.61 Å². The molecule has 0 radical (unpaired) electrons. The van der Waals surface area contributed by atoms with Crippen molar-refractivity contribution < 1.29 is 18.3 Å². The Labute approximate surface area is 105 Å². The summed E-state index contributed by atoms with van der Waals surface area (Å²) in [6.07, 6.45) is -4.23. The Kier molecular flexibility index (Phi) is 5.47. The third-order valence-corrected chi connectivity index (χ3v) is 2.62. The lowest BCUT2D eigenvalue weighted by Crippen LogP contribution is -2.16. The second-order valence-corrected chi connectivity index (χ2v) is 4.41. The summed E-state index contributed by atoms with van der Waals surface area (Å²) in [6.45, 7) is 1.81. The van der Waals surface area contributed by atoms with Crippen LogP contribution in [0, 0.1) is 0 Å². The zero-order chi connectivity index (χ0) is 13.6. The van der Waals surface area contributed by atoms with E-state index in [4.69, 9.17) is 5.11 Å². The number of anilines is 1. The molecule has 0 aliphatic rings. The van der Waals surface area contributed by atoms with Crippen LogP contribution >= 0.6 is 0 Å². The van der Waals surface area contributed by atoms with Gasteiger partial charge in [-0.05, 0) is 37.5 Å². The van der Waals surface area contributed by atoms with Gasteiger partial charge in [0.05, 0.1) is 6.61 Å². The first-order valence-corrected chi connectivity index (χ1v) is 5.94. The van der Waals surface area contributed by atoms with Gasteiger partial charge in [-0.3, -0.25) is 0 Å². The first-order valence-electron chi connectivity index (χ1n) is 5.94. The van der Waals surface area contributed by atoms with Gasteiger partial charge in [0.2, 0.25) is 0 Å². The minimum atomic E-state index is -4.07. The van der Waals surface area contributed by atoms with Crippen LogP contribution in [0.25, 0.3) is 0 Å². The molecule has 1 atom stereocenters. The van der Waals surface area contributed by atoms with Gasteiger partial charge in [0.1, 0.15) is 0 Å². The number of alkyl halides is 3. The molecule has 0 saturated heterocycles. The minimum Gasteiger partial charge on any atom is -0.392 e. The van der Waals surface area contributed by atoms with Gasteiger partial charge in [0.25, 0.3) is 0 Å². The highest BCUT2D eigenvalue weighted by Crippen LogP contribution is 2.23. The second kappa shape index (κ2) is 6.64. The van der Waals surface area contributed by atoms with Crippen LogP contribution in [0.4, 0.5) is 18.9 Å². The van der Waals surface area contributed by atoms with Crippen LogP contribution in [0.5, 0.6) is 0 Å². The van der Waals surface area contributed by atoms with Crippen LogP contribution < -0.4 is 5.32 Å². The van der Waals surface area contributed by atoms with Crippen LogP contribution in [0.2, 0.25) is 0 Å². The quantitative estimate of drug-likeness (QED) is 0.818. The SMILES string of the molecule is CC(CCCC(F)(F)F)Nc1cccc(CO)c1. The van der Waals surface area contributed by atoms with Crippen LogP contribution in [0.1, 0.15) is 31.7 Å². The van der Waals surface area contributed by atoms with E-state index >= 15 is 0 Å². The summed E-state index contributed by atoms with van der Waals surface area (Å²) in [4.78, 5) is 0. The largest absolute Gasteiger partial charge is 0.392 e. The predicted molar refractivity (Wildman–Crippen MR) is 65.4 cm³/mol. The molecule has 0 saturated carbocycles. The van der Waals surface area contributed by atoms with Crippen molar-refractivity contribution in [3.63, 3.8) is 0 Å². The Morgan fingerprint density at radius 2 is 2.06 bits per heavy atom. The Hall–Kier alpha value is -1.23. The van der Waals surface area contributed by atoms with Crippen molar-refractivity contribution >= 4 is 5.69 Å². The number of hydrogen-bond acceptors (Lipinski definition) is 2. The first-order chi connectivity index (χ1) is 8.40. The Morgan fingerprint density at radius 3 is 2.67 bits per heavy atom. The number of halogens is 3. The molecule has 0 amide bonds. The molecule has 18 heavy (non-hydrogen) atoms. The maximum Gasteiger partial charge on any atom is 0.389 e. The summed E-state index contributed by atoms with van der Waals surface area (Å²) < 4.78 is 36.0. The lowest BCUT2D eigenvalue weighted by Gasteiger charge is -2.16. The maximum absolute atomic E-state index is 12.0. The van der Waals surface area contributed by atoms with Gasteiger partial charge in [-0.2, -0.15) is 13.2 Å². The lowest BCUT2D eigenvalue weighted by atomic mass is 10.1. The van der Waals surface area contributed by atoms with Crippen molar-refractivity contribution in [2.24, 2.45) is 0 Å². The molecule has 1 aromatic carbocycles. The first kappa shape index (κ1) is 14.8. The minimum absolute atomic E-state index is 0.0266. The van der Waals surface area contributed by atoms with Gasteiger partial charge in [0, 0.05) is 18.2 Å². The van der Waals surface area contributed by atoms with Gasteiger partial charge >= 0.3 is 6.18 Å². The van der Waals surface area contributed by atoms with E-state index in [2.05, 4.69) is 5.32 Å². The molecule has 0 aromatic heterocycles. The van der Waals surface area contributed by atoms with Crippen LogP contribution in [-0.4, -0.2) is 17.3 Å². The van der Waals surface area contributed by atoms with Crippen LogP contribution in [0.15, 0.2) is 24.3 Å². The van der Waals surface area contributed by atoms with E-state index < -0.39 is 12.6 Å². The monoisotopic (exact) mass is 261 g/mol. The summed E-state index contributed by atoms with van der Waals surface area (Å²) in [5.41, 5.74) is 1.60. The number of rotatable bonds is 6. The third kappa shape index (κ3) is 5.91. The molecule has 1 unspecified atom stereocenters. The van der Waals surface area contributed by atoms with E-state index in [0.29, 0.717) is 6.42 Å². The summed E-state index contributed by atoms with van der Waals surface area (Å²) in [7, 11) is 0. The predicted octanol–water partition coefficient (Wildman–Crippen LogP) is 3.71. The number of nitrogens with one attached hydrogen (secondary N) is 1. The zero-order valence-electron chi connectivity index (χ0n) is 10.3. The second-order valence-electron chi connectivity index (χ2n) is 4.41. The van der Waals surface area contributed by atoms with E-state index in [1.807, 2.05) is 13.0 Å². The summed E-state index contributed by atoms with van der Waals surface area (Å²) in [5.74, 6) is 0. The molecule has 102 valence electrons. The standard InChI is InChI=1S/C13H18F3NO/c1-10(4-3-7-13(14,15)16)17-12-6-2-5-11(8-12)9-18/h2,5-6,8,10,17-18H,3-4,7,9H2,1H3. The zero-order valence-corrected chi connectivity index (χ0v) is 10.3. The molecule has 1 aromatic rings. The highest BCUT2D eigenvalue weighted by molar-refractivity contribution is 5.46. The molecular formula is C13H18F3NO. The molecule has 5 heteroatoms. The average Bonchev–Trinajstić information content (AvgIpc) is 2.27. The van der Waals surface area contributed by atoms with Gasteiger partial charge in [-0.1, -0.05) is 12.1 Å². The van der Waals surface area contributed by atoms with Gasteiger partial charge in [0.15, 0.2) is 0 Å². The Bertz CT molecular complexity index is 365. The van der Waals surface area contributed by atoms with E-state index in [1.54, 1.807) is 18.2 Å². The highest BCUT2D eigenvalue weighted by Gasteiger charge is 2.26. The van der Waals surface area contributed by atoms with Crippen molar-refractivity contribution in [2.45, 2.75) is 45.0 Å². The van der Waals surface area contributed by atoms with Crippen LogP contribution in [0.3, 0.4) is 0 Å². The molecule has 0 spiro atoms. The van der Waals surface area contributed by atoms with Crippen molar-refractivity contribution in [3.8, 4) is 0 Å². The van der Waals surface area contributed by atoms with E-state index in [-0.39, 0.29) is 19.1 Å². The molecular weight excluding hydrogens is 243 g/mol. The van der Waals surface area contributed by atoms with Gasteiger partial charge in [-0.25, -0.2) is 0 Å². The summed E-state index contributed by atoms with van der Waals surface area (Å²) in [5, 5.41) is 12.1. The lowest BCUT2D eigenvalue weighted by molar-refractivity contribution is -0.135. The molecule has 0 aliphatic heterocycles. The third-order valence-electron chi connectivity index (χ3n) is 2.62. The molecule has 0 heterocycles. The van der Waals surface area contributed by atoms with Crippen molar-refractivity contribution in [1.29, 1.82) is 0 Å². The van der Waals surface area contributed by atoms with Crippen molar-refractivity contribution in [2.75, 3.05) is 5.32 Å². The fourth-order valence-electron chi connectivity index (χ4n) is 1.72. The molecule has 2 nitrogen and oxygen atoms in total. The number of benzene rings is 1. The Balaban J connectivity index is 2.37. The number of hydrogen-bond donors (Lipinski definition) is 2. The van der Waals surface area contributed by atoms with E-state index in [0.717, 1.165) is 11.3 Å². The fraction of sp³-hybridized carbons (Fsp3) is 0.538. The van der Waals surface area contributed by atoms with Gasteiger partial charge < -0.3 is 10.4 Å². The normalized spacial score (nSPS) is 13.4. The van der Waals surface area contributed by atoms with E-state index in [1.165, 1.54) is 0 Å². The average molecular weight is 261 g/mol. The fourth-order valence-corrected chi connectivity index (χ4v) is 1.72. The van der Waals surface area contributed by atoms with E-state index in [9.17, 15) is 13.2 Å². The molecule has 0 fully saturated rings. The molecule has 0 aliphatic carbocycles. The Morgan fingerprint density at radius 1 is 1.33 bits per heavy atom. The highest BCUT2D eigenvalue weighted by atomic mass is 19.4. The maximum atomic E-state index is 12.0.